The van der Waals surface area contributed by atoms with E-state index < -0.39 is 0 Å². The van der Waals surface area contributed by atoms with Crippen LogP contribution in [-0.4, -0.2) is 16.1 Å². The van der Waals surface area contributed by atoms with E-state index in [1.54, 1.807) is 12.3 Å². The van der Waals surface area contributed by atoms with Crippen LogP contribution in [0.1, 0.15) is 11.3 Å². The second-order valence-electron chi connectivity index (χ2n) is 6.91. The number of hydrogen-bond donors (Lipinski definition) is 1. The van der Waals surface area contributed by atoms with E-state index in [1.807, 2.05) is 73.7 Å². The molecule has 31 heavy (non-hydrogen) atoms. The second-order valence-corrected chi connectivity index (χ2v) is 8.98. The fourth-order valence-electron chi connectivity index (χ4n) is 3.08. The van der Waals surface area contributed by atoms with Crippen molar-refractivity contribution in [3.63, 3.8) is 0 Å². The molecule has 0 saturated carbocycles. The Morgan fingerprint density at radius 2 is 1.90 bits per heavy atom. The largest absolute Gasteiger partial charge is 0.450 e. The van der Waals surface area contributed by atoms with E-state index in [4.69, 9.17) is 4.42 Å². The third-order valence-corrected chi connectivity index (χ3v) is 6.48. The molecule has 0 radical (unpaired) electrons. The molecule has 7 heteroatoms. The summed E-state index contributed by atoms with van der Waals surface area (Å²) >= 11 is 2.81. The van der Waals surface area contributed by atoms with Crippen molar-refractivity contribution in [2.45, 2.75) is 16.9 Å². The highest BCUT2D eigenvalue weighted by molar-refractivity contribution is 8.18. The van der Waals surface area contributed by atoms with Gasteiger partial charge in [0.2, 0.25) is 0 Å². The van der Waals surface area contributed by atoms with Gasteiger partial charge in [-0.05, 0) is 66.8 Å². The number of aryl methyl sites for hydroxylation is 1. The van der Waals surface area contributed by atoms with Crippen molar-refractivity contribution < 1.29 is 9.21 Å². The number of furan rings is 1. The quantitative estimate of drug-likeness (QED) is 0.382. The lowest BCUT2D eigenvalue weighted by Crippen LogP contribution is -2.19. The summed E-state index contributed by atoms with van der Waals surface area (Å²) in [6.45, 7) is 2.02. The van der Waals surface area contributed by atoms with Crippen LogP contribution in [0.4, 0.5) is 5.69 Å². The number of nitrogens with zero attached hydrogens (tertiary/aromatic N) is 2. The van der Waals surface area contributed by atoms with Gasteiger partial charge < -0.3 is 9.73 Å². The lowest BCUT2D eigenvalue weighted by molar-refractivity contribution is -0.115. The number of thioether (sulfide) groups is 1. The number of hydrogen-bond acceptors (Lipinski definition) is 6. The number of carbonyl (C=O) groups is 1. The molecule has 3 heterocycles. The fraction of sp³-hybridized carbons (Fsp3) is 0.0417. The molecule has 1 saturated heterocycles. The monoisotopic (exact) mass is 443 g/mol. The van der Waals surface area contributed by atoms with Crippen molar-refractivity contribution in [1.29, 1.82) is 0 Å². The molecule has 1 N–H and O–H groups in total. The van der Waals surface area contributed by atoms with Crippen molar-refractivity contribution in [3.8, 4) is 0 Å². The van der Waals surface area contributed by atoms with E-state index in [1.165, 1.54) is 29.1 Å². The average Bonchev–Trinajstić information content (AvgIpc) is 3.36. The summed E-state index contributed by atoms with van der Waals surface area (Å²) in [7, 11) is 0. The molecule has 1 aliphatic heterocycles. The number of benzene rings is 2. The number of pyridine rings is 1. The molecule has 5 nitrogen and oxygen atoms in total. The van der Waals surface area contributed by atoms with Crippen LogP contribution in [0.3, 0.4) is 0 Å². The maximum atomic E-state index is 12.3. The highest BCUT2D eigenvalue weighted by atomic mass is 32.2. The smallest absolute Gasteiger partial charge is 0.264 e. The van der Waals surface area contributed by atoms with Crippen molar-refractivity contribution in [3.05, 3.63) is 89.2 Å². The van der Waals surface area contributed by atoms with E-state index in [2.05, 4.69) is 15.3 Å². The van der Waals surface area contributed by atoms with Crippen LogP contribution < -0.4 is 5.32 Å². The molecule has 0 unspecified atom stereocenters. The minimum absolute atomic E-state index is 0.181. The van der Waals surface area contributed by atoms with Crippen LogP contribution in [0.15, 0.2) is 97.2 Å². The Hall–Kier alpha value is -3.29. The van der Waals surface area contributed by atoms with Crippen LogP contribution in [0.2, 0.25) is 0 Å². The molecule has 0 aliphatic carbocycles. The summed E-state index contributed by atoms with van der Waals surface area (Å²) in [6, 6.07) is 21.6. The Morgan fingerprint density at radius 3 is 2.77 bits per heavy atom. The summed E-state index contributed by atoms with van der Waals surface area (Å²) in [5, 5.41) is 5.19. The topological polar surface area (TPSA) is 67.5 Å². The minimum atomic E-state index is -0.181. The molecule has 0 bridgehead atoms. The van der Waals surface area contributed by atoms with Crippen molar-refractivity contribution in [2.75, 3.05) is 0 Å². The second kappa shape index (κ2) is 8.45. The number of para-hydroxylation sites is 1. The third-order valence-electron chi connectivity index (χ3n) is 4.60. The molecule has 1 fully saturated rings. The Kier molecular flexibility index (Phi) is 5.36. The predicted octanol–water partition coefficient (Wildman–Crippen LogP) is 6.18. The van der Waals surface area contributed by atoms with Crippen molar-refractivity contribution in [1.82, 2.24) is 10.3 Å². The number of aromatic nitrogens is 1. The maximum Gasteiger partial charge on any atom is 0.264 e. The SMILES string of the molecule is Cc1ccc(N=C2NC(=O)/C(=C/c3ccc(Sc4cccc5cccnc45)o3)S2)cc1. The Morgan fingerprint density at radius 1 is 1.06 bits per heavy atom. The molecule has 1 aliphatic rings. The molecule has 4 aromatic rings. The Bertz CT molecular complexity index is 1340. The number of amides is 1. The predicted molar refractivity (Wildman–Crippen MR) is 127 cm³/mol. The highest BCUT2D eigenvalue weighted by Gasteiger charge is 2.24. The van der Waals surface area contributed by atoms with Crippen LogP contribution in [0.5, 0.6) is 0 Å². The molecular formula is C24H17N3O2S2. The molecule has 2 aromatic carbocycles. The normalized spacial score (nSPS) is 16.4. The van der Waals surface area contributed by atoms with Gasteiger partial charge in [-0.15, -0.1) is 0 Å². The highest BCUT2D eigenvalue weighted by Crippen LogP contribution is 2.35. The van der Waals surface area contributed by atoms with Gasteiger partial charge in [-0.2, -0.15) is 0 Å². The third kappa shape index (κ3) is 4.42. The zero-order valence-electron chi connectivity index (χ0n) is 16.5. The van der Waals surface area contributed by atoms with Gasteiger partial charge in [-0.1, -0.05) is 35.9 Å². The molecular weight excluding hydrogens is 426 g/mol. The van der Waals surface area contributed by atoms with Gasteiger partial charge in [-0.25, -0.2) is 4.99 Å². The lowest BCUT2D eigenvalue weighted by Gasteiger charge is -2.02. The van der Waals surface area contributed by atoms with Crippen molar-refractivity contribution in [2.24, 2.45) is 4.99 Å². The van der Waals surface area contributed by atoms with Crippen LogP contribution in [-0.2, 0) is 4.79 Å². The van der Waals surface area contributed by atoms with E-state index in [0.29, 0.717) is 15.8 Å². The van der Waals surface area contributed by atoms with Gasteiger partial charge in [0, 0.05) is 22.6 Å². The van der Waals surface area contributed by atoms with E-state index in [9.17, 15) is 4.79 Å². The molecule has 0 atom stereocenters. The van der Waals surface area contributed by atoms with E-state index in [0.717, 1.165) is 26.6 Å². The summed E-state index contributed by atoms with van der Waals surface area (Å²) in [5.41, 5.74) is 2.91. The lowest BCUT2D eigenvalue weighted by atomic mass is 10.2. The average molecular weight is 444 g/mol. The first-order chi connectivity index (χ1) is 15.1. The Labute approximate surface area is 187 Å². The van der Waals surface area contributed by atoms with E-state index >= 15 is 0 Å². The number of amidine groups is 1. The minimum Gasteiger partial charge on any atom is -0.450 e. The molecule has 1 amide bonds. The van der Waals surface area contributed by atoms with Crippen LogP contribution >= 0.6 is 23.5 Å². The first-order valence-corrected chi connectivity index (χ1v) is 11.2. The summed E-state index contributed by atoms with van der Waals surface area (Å²) in [5.74, 6) is 0.435. The number of nitrogens with one attached hydrogen (secondary N) is 1. The number of fused-ring (bicyclic) bond motifs is 1. The maximum absolute atomic E-state index is 12.3. The molecule has 0 spiro atoms. The van der Waals surface area contributed by atoms with Gasteiger partial charge >= 0.3 is 0 Å². The van der Waals surface area contributed by atoms with Crippen LogP contribution in [0.25, 0.3) is 17.0 Å². The Balaban J connectivity index is 1.34. The summed E-state index contributed by atoms with van der Waals surface area (Å²) in [4.78, 5) is 22.9. The van der Waals surface area contributed by atoms with Gasteiger partial charge in [0.25, 0.3) is 5.91 Å². The molecule has 2 aromatic heterocycles. The number of carbonyl (C=O) groups excluding carboxylic acids is 1. The van der Waals surface area contributed by atoms with Crippen molar-refractivity contribution >= 4 is 57.3 Å². The van der Waals surface area contributed by atoms with Crippen LogP contribution in [0, 0.1) is 6.92 Å². The van der Waals surface area contributed by atoms with Gasteiger partial charge in [0.15, 0.2) is 10.3 Å². The first kappa shape index (κ1) is 19.7. The zero-order valence-corrected chi connectivity index (χ0v) is 18.2. The fourth-order valence-corrected chi connectivity index (χ4v) is 4.81. The first-order valence-electron chi connectivity index (χ1n) is 9.62. The van der Waals surface area contributed by atoms with E-state index in [-0.39, 0.29) is 5.91 Å². The van der Waals surface area contributed by atoms with Gasteiger partial charge in [-0.3, -0.25) is 9.78 Å². The zero-order chi connectivity index (χ0) is 21.2. The number of rotatable bonds is 4. The molecule has 152 valence electrons. The summed E-state index contributed by atoms with van der Waals surface area (Å²) < 4.78 is 5.94. The van der Waals surface area contributed by atoms with Gasteiger partial charge in [0.05, 0.1) is 16.1 Å². The summed E-state index contributed by atoms with van der Waals surface area (Å²) in [6.07, 6.45) is 3.53. The standard InChI is InChI=1S/C24H17N3O2S2/c1-15-7-9-17(10-8-15)26-24-27-23(28)20(31-24)14-18-11-12-21(29-18)30-19-6-2-4-16-5-3-13-25-22(16)19/h2-14H,1H3,(H,26,27,28)/b20-14-. The van der Waals surface area contributed by atoms with Gasteiger partial charge in [0.1, 0.15) is 5.76 Å². The number of aliphatic imine (C=N–C) groups is 1. The molecule has 5 rings (SSSR count).